The molecule has 106 valence electrons. The van der Waals surface area contributed by atoms with Crippen molar-refractivity contribution in [3.63, 3.8) is 0 Å². The summed E-state index contributed by atoms with van der Waals surface area (Å²) in [6.07, 6.45) is 0. The Morgan fingerprint density at radius 1 is 1.35 bits per heavy atom. The second kappa shape index (κ2) is 5.32. The van der Waals surface area contributed by atoms with Gasteiger partial charge in [0, 0.05) is 12.6 Å². The first kappa shape index (κ1) is 14.0. The molecule has 0 aliphatic rings. The van der Waals surface area contributed by atoms with Crippen molar-refractivity contribution in [2.24, 2.45) is 0 Å². The number of nitrogens with one attached hydrogen (secondary N) is 1. The monoisotopic (exact) mass is 274 g/mol. The van der Waals surface area contributed by atoms with E-state index in [0.29, 0.717) is 17.4 Å². The summed E-state index contributed by atoms with van der Waals surface area (Å²) in [6.45, 7) is 5.66. The summed E-state index contributed by atoms with van der Waals surface area (Å²) in [5.41, 5.74) is 6.57. The van der Waals surface area contributed by atoms with E-state index in [4.69, 9.17) is 10.3 Å². The van der Waals surface area contributed by atoms with Crippen molar-refractivity contribution in [3.05, 3.63) is 41.5 Å². The number of anilines is 1. The number of nitrogens with zero attached hydrogens (tertiary/aromatic N) is 2. The molecular weight excluding hydrogens is 256 g/mol. The molecule has 0 atom stereocenters. The number of aromatic nitrogens is 2. The average Bonchev–Trinajstić information content (AvgIpc) is 2.82. The zero-order valence-corrected chi connectivity index (χ0v) is 11.8. The molecule has 1 amide bonds. The van der Waals surface area contributed by atoms with Crippen LogP contribution in [0.4, 0.5) is 5.69 Å². The van der Waals surface area contributed by atoms with Gasteiger partial charge in [0.25, 0.3) is 0 Å². The Morgan fingerprint density at radius 2 is 2.00 bits per heavy atom. The normalized spacial score (nSPS) is 11.3. The van der Waals surface area contributed by atoms with Gasteiger partial charge >= 0.3 is 0 Å². The topological polar surface area (TPSA) is 94.0 Å². The molecule has 0 spiro atoms. The van der Waals surface area contributed by atoms with E-state index in [9.17, 15) is 4.79 Å². The summed E-state index contributed by atoms with van der Waals surface area (Å²) in [6, 6.07) is 7.28. The molecule has 0 fully saturated rings. The van der Waals surface area contributed by atoms with Gasteiger partial charge in [-0.25, -0.2) is 0 Å². The Balaban J connectivity index is 2.05. The fourth-order valence-electron chi connectivity index (χ4n) is 1.82. The van der Waals surface area contributed by atoms with Crippen LogP contribution in [0.1, 0.15) is 31.1 Å². The Bertz CT molecular complexity index is 602. The Hall–Kier alpha value is -2.37. The first-order chi connectivity index (χ1) is 9.39. The van der Waals surface area contributed by atoms with E-state index < -0.39 is 5.41 Å². The number of hydrogen-bond donors (Lipinski definition) is 2. The summed E-state index contributed by atoms with van der Waals surface area (Å²) in [5.74, 6) is 0.834. The van der Waals surface area contributed by atoms with Crippen LogP contribution < -0.4 is 11.1 Å². The van der Waals surface area contributed by atoms with Crippen LogP contribution in [0.25, 0.3) is 0 Å². The molecule has 0 aliphatic heterocycles. The first-order valence-corrected chi connectivity index (χ1v) is 6.33. The van der Waals surface area contributed by atoms with Crippen LogP contribution in [0, 0.1) is 6.92 Å². The molecule has 0 saturated heterocycles. The number of nitrogen functional groups attached to an aromatic ring is 1. The van der Waals surface area contributed by atoms with E-state index in [1.807, 2.05) is 26.0 Å². The fourth-order valence-corrected chi connectivity index (χ4v) is 1.82. The minimum absolute atomic E-state index is 0.107. The molecular formula is C14H18N4O2. The van der Waals surface area contributed by atoms with Crippen molar-refractivity contribution in [1.82, 2.24) is 15.5 Å². The zero-order valence-electron chi connectivity index (χ0n) is 11.8. The van der Waals surface area contributed by atoms with Crippen LogP contribution in [0.5, 0.6) is 0 Å². The Labute approximate surface area is 117 Å². The van der Waals surface area contributed by atoms with Crippen molar-refractivity contribution >= 4 is 11.6 Å². The van der Waals surface area contributed by atoms with Crippen LogP contribution in [0.15, 0.2) is 28.8 Å². The summed E-state index contributed by atoms with van der Waals surface area (Å²) in [5, 5.41) is 6.55. The van der Waals surface area contributed by atoms with Gasteiger partial charge in [-0.15, -0.1) is 0 Å². The second-order valence-corrected chi connectivity index (χ2v) is 5.16. The molecule has 0 radical (unpaired) electrons. The highest BCUT2D eigenvalue weighted by molar-refractivity contribution is 5.87. The molecule has 0 bridgehead atoms. The predicted octanol–water partition coefficient (Wildman–Crippen LogP) is 1.55. The molecule has 0 unspecified atom stereocenters. The van der Waals surface area contributed by atoms with Gasteiger partial charge in [0.2, 0.25) is 11.8 Å². The van der Waals surface area contributed by atoms with Gasteiger partial charge in [0.1, 0.15) is 0 Å². The van der Waals surface area contributed by atoms with Crippen molar-refractivity contribution in [2.75, 3.05) is 5.73 Å². The SMILES string of the molecule is Cc1nc(CNC(=O)C(C)(C)c2ccc(N)cc2)no1. The summed E-state index contributed by atoms with van der Waals surface area (Å²) < 4.78 is 4.85. The summed E-state index contributed by atoms with van der Waals surface area (Å²) in [7, 11) is 0. The smallest absolute Gasteiger partial charge is 0.230 e. The van der Waals surface area contributed by atoms with Crippen molar-refractivity contribution < 1.29 is 9.32 Å². The van der Waals surface area contributed by atoms with Crippen LogP contribution in [-0.4, -0.2) is 16.0 Å². The third kappa shape index (κ3) is 2.96. The molecule has 20 heavy (non-hydrogen) atoms. The highest BCUT2D eigenvalue weighted by atomic mass is 16.5. The molecule has 2 aromatic rings. The highest BCUT2D eigenvalue weighted by Gasteiger charge is 2.29. The minimum Gasteiger partial charge on any atom is -0.399 e. The fraction of sp³-hybridized carbons (Fsp3) is 0.357. The van der Waals surface area contributed by atoms with Gasteiger partial charge < -0.3 is 15.6 Å². The molecule has 6 nitrogen and oxygen atoms in total. The van der Waals surface area contributed by atoms with Crippen LogP contribution in [0.3, 0.4) is 0 Å². The molecule has 1 heterocycles. The first-order valence-electron chi connectivity index (χ1n) is 6.33. The lowest BCUT2D eigenvalue weighted by atomic mass is 9.83. The standard InChI is InChI=1S/C14H18N4O2/c1-9-17-12(18-20-9)8-16-13(19)14(2,3)10-4-6-11(15)7-5-10/h4-7H,8,15H2,1-3H3,(H,16,19). The lowest BCUT2D eigenvalue weighted by Gasteiger charge is -2.24. The average molecular weight is 274 g/mol. The number of carbonyl (C=O) groups is 1. The maximum absolute atomic E-state index is 12.3. The Kier molecular flexibility index (Phi) is 3.74. The minimum atomic E-state index is -0.660. The number of amides is 1. The molecule has 0 aliphatic carbocycles. The van der Waals surface area contributed by atoms with E-state index in [0.717, 1.165) is 5.56 Å². The van der Waals surface area contributed by atoms with Crippen LogP contribution in [0.2, 0.25) is 0 Å². The molecule has 0 saturated carbocycles. The van der Waals surface area contributed by atoms with Gasteiger partial charge in [0.05, 0.1) is 12.0 Å². The maximum atomic E-state index is 12.3. The summed E-state index contributed by atoms with van der Waals surface area (Å²) >= 11 is 0. The van der Waals surface area contributed by atoms with Crippen molar-refractivity contribution in [3.8, 4) is 0 Å². The van der Waals surface area contributed by atoms with E-state index in [1.165, 1.54) is 0 Å². The lowest BCUT2D eigenvalue weighted by Crippen LogP contribution is -2.39. The molecule has 3 N–H and O–H groups in total. The molecule has 6 heteroatoms. The third-order valence-corrected chi connectivity index (χ3v) is 3.18. The van der Waals surface area contributed by atoms with E-state index in [1.54, 1.807) is 19.1 Å². The number of hydrogen-bond acceptors (Lipinski definition) is 5. The molecule has 1 aromatic heterocycles. The van der Waals surface area contributed by atoms with Crippen LogP contribution >= 0.6 is 0 Å². The summed E-state index contributed by atoms with van der Waals surface area (Å²) in [4.78, 5) is 16.3. The second-order valence-electron chi connectivity index (χ2n) is 5.16. The van der Waals surface area contributed by atoms with Gasteiger partial charge in [-0.05, 0) is 31.5 Å². The number of carbonyl (C=O) groups excluding carboxylic acids is 1. The molecule has 1 aromatic carbocycles. The van der Waals surface area contributed by atoms with Gasteiger partial charge in [-0.3, -0.25) is 4.79 Å². The molecule has 2 rings (SSSR count). The highest BCUT2D eigenvalue weighted by Crippen LogP contribution is 2.24. The quantitative estimate of drug-likeness (QED) is 0.825. The number of benzene rings is 1. The predicted molar refractivity (Wildman–Crippen MR) is 74.8 cm³/mol. The number of aryl methyl sites for hydroxylation is 1. The van der Waals surface area contributed by atoms with E-state index in [-0.39, 0.29) is 12.5 Å². The van der Waals surface area contributed by atoms with Crippen LogP contribution in [-0.2, 0) is 16.8 Å². The zero-order chi connectivity index (χ0) is 14.8. The van der Waals surface area contributed by atoms with Crippen molar-refractivity contribution in [2.45, 2.75) is 32.7 Å². The van der Waals surface area contributed by atoms with Crippen molar-refractivity contribution in [1.29, 1.82) is 0 Å². The maximum Gasteiger partial charge on any atom is 0.230 e. The van der Waals surface area contributed by atoms with Gasteiger partial charge in [0.15, 0.2) is 5.82 Å². The Morgan fingerprint density at radius 3 is 2.55 bits per heavy atom. The number of rotatable bonds is 4. The third-order valence-electron chi connectivity index (χ3n) is 3.18. The lowest BCUT2D eigenvalue weighted by molar-refractivity contribution is -0.125. The van der Waals surface area contributed by atoms with Gasteiger partial charge in [-0.2, -0.15) is 4.98 Å². The van der Waals surface area contributed by atoms with Gasteiger partial charge in [-0.1, -0.05) is 17.3 Å². The van der Waals surface area contributed by atoms with E-state index in [2.05, 4.69) is 15.5 Å². The largest absolute Gasteiger partial charge is 0.399 e. The number of nitrogens with two attached hydrogens (primary N) is 1. The van der Waals surface area contributed by atoms with E-state index >= 15 is 0 Å².